The van der Waals surface area contributed by atoms with Gasteiger partial charge < -0.3 is 4.74 Å². The molecule has 1 heterocycles. The summed E-state index contributed by atoms with van der Waals surface area (Å²) in [4.78, 5) is 7.96. The van der Waals surface area contributed by atoms with Gasteiger partial charge in [0, 0.05) is 28.5 Å². The van der Waals surface area contributed by atoms with E-state index in [1.54, 1.807) is 11.3 Å². The Hall–Kier alpha value is -1.26. The Morgan fingerprint density at radius 3 is 2.69 bits per heavy atom. The minimum atomic E-state index is 0.506. The number of halogens is 1. The van der Waals surface area contributed by atoms with Crippen molar-refractivity contribution in [1.82, 2.24) is 4.98 Å². The van der Waals surface area contributed by atoms with Crippen molar-refractivity contribution in [2.24, 2.45) is 0 Å². The maximum atomic E-state index is 5.58. The van der Waals surface area contributed by atoms with Crippen LogP contribution in [0.1, 0.15) is 9.88 Å². The molecule has 0 bridgehead atoms. The molecule has 0 spiro atoms. The smallest absolute Gasteiger partial charge is 0.140 e. The first-order valence-corrected chi connectivity index (χ1v) is 5.98. The fourth-order valence-corrected chi connectivity index (χ4v) is 2.05. The second-order valence-electron chi connectivity index (χ2n) is 3.27. The number of rotatable bonds is 4. The monoisotopic (exact) mass is 254 g/mol. The van der Waals surface area contributed by atoms with E-state index in [1.165, 1.54) is 4.88 Å². The van der Waals surface area contributed by atoms with Crippen LogP contribution in [-0.2, 0) is 6.61 Å². The van der Waals surface area contributed by atoms with Gasteiger partial charge in [-0.15, -0.1) is 11.3 Å². The third-order valence-electron chi connectivity index (χ3n) is 1.99. The van der Waals surface area contributed by atoms with E-state index in [9.17, 15) is 0 Å². The van der Waals surface area contributed by atoms with Crippen LogP contribution in [-0.4, -0.2) is 4.98 Å². The van der Waals surface area contributed by atoms with Gasteiger partial charge in [-0.2, -0.15) is 0 Å². The Labute approximate surface area is 103 Å². The van der Waals surface area contributed by atoms with E-state index < -0.39 is 0 Å². The van der Waals surface area contributed by atoms with Crippen molar-refractivity contribution in [2.45, 2.75) is 13.5 Å². The first kappa shape index (κ1) is 11.2. The Morgan fingerprint density at radius 2 is 2.12 bits per heavy atom. The molecular weight excluding hydrogens is 244 g/mol. The molecular formula is C11H11ClN2OS. The average molecular weight is 255 g/mol. The number of anilines is 1. The van der Waals surface area contributed by atoms with Gasteiger partial charge in [-0.3, -0.25) is 4.84 Å². The molecule has 0 aliphatic rings. The number of benzene rings is 1. The van der Waals surface area contributed by atoms with Crippen LogP contribution in [0.25, 0.3) is 0 Å². The molecule has 0 saturated carbocycles. The van der Waals surface area contributed by atoms with Crippen molar-refractivity contribution in [3.8, 4) is 5.75 Å². The zero-order valence-electron chi connectivity index (χ0n) is 8.74. The standard InChI is InChI=1S/C11H11ClN2OS/c1-8-6-13-11(16-8)7-15-10-4-2-9(14-12)3-5-10/h2-6,14H,7H2,1H3. The summed E-state index contributed by atoms with van der Waals surface area (Å²) in [5.41, 5.74) is 0.846. The number of hydrogen-bond donors (Lipinski definition) is 1. The van der Waals surface area contributed by atoms with Gasteiger partial charge in [0.05, 0.1) is 0 Å². The van der Waals surface area contributed by atoms with Gasteiger partial charge in [-0.1, -0.05) is 0 Å². The van der Waals surface area contributed by atoms with Gasteiger partial charge in [0.1, 0.15) is 17.4 Å². The zero-order valence-corrected chi connectivity index (χ0v) is 10.3. The fraction of sp³-hybridized carbons (Fsp3) is 0.182. The molecule has 84 valence electrons. The van der Waals surface area contributed by atoms with E-state index in [0.29, 0.717) is 6.61 Å². The molecule has 0 amide bonds. The van der Waals surface area contributed by atoms with Crippen molar-refractivity contribution in [1.29, 1.82) is 0 Å². The SMILES string of the molecule is Cc1cnc(COc2ccc(NCl)cc2)s1. The third kappa shape index (κ3) is 2.87. The predicted molar refractivity (Wildman–Crippen MR) is 67.1 cm³/mol. The molecule has 2 aromatic rings. The highest BCUT2D eigenvalue weighted by Crippen LogP contribution is 2.18. The molecule has 1 aromatic carbocycles. The third-order valence-corrected chi connectivity index (χ3v) is 3.10. The molecule has 0 radical (unpaired) electrons. The molecule has 0 aliphatic heterocycles. The van der Waals surface area contributed by atoms with Crippen molar-refractivity contribution in [3.05, 3.63) is 40.3 Å². The predicted octanol–water partition coefficient (Wildman–Crippen LogP) is 3.60. The number of thiazole rings is 1. The maximum Gasteiger partial charge on any atom is 0.140 e. The quantitative estimate of drug-likeness (QED) is 0.847. The molecule has 1 N–H and O–H groups in total. The van der Waals surface area contributed by atoms with E-state index in [0.717, 1.165) is 16.4 Å². The highest BCUT2D eigenvalue weighted by Gasteiger charge is 2.00. The van der Waals surface area contributed by atoms with Crippen molar-refractivity contribution >= 4 is 28.8 Å². The van der Waals surface area contributed by atoms with Crippen LogP contribution in [0.15, 0.2) is 30.5 Å². The molecule has 5 heteroatoms. The molecule has 16 heavy (non-hydrogen) atoms. The van der Waals surface area contributed by atoms with Gasteiger partial charge >= 0.3 is 0 Å². The lowest BCUT2D eigenvalue weighted by Gasteiger charge is -2.04. The molecule has 0 fully saturated rings. The number of nitrogens with zero attached hydrogens (tertiary/aromatic N) is 1. The van der Waals surface area contributed by atoms with Crippen LogP contribution in [0, 0.1) is 6.92 Å². The number of ether oxygens (including phenoxy) is 1. The number of nitrogens with one attached hydrogen (secondary N) is 1. The topological polar surface area (TPSA) is 34.1 Å². The Morgan fingerprint density at radius 1 is 1.38 bits per heavy atom. The van der Waals surface area contributed by atoms with Crippen LogP contribution in [0.3, 0.4) is 0 Å². The highest BCUT2D eigenvalue weighted by atomic mass is 35.5. The maximum absolute atomic E-state index is 5.58. The summed E-state index contributed by atoms with van der Waals surface area (Å²) in [6.07, 6.45) is 1.85. The fourth-order valence-electron chi connectivity index (χ4n) is 1.23. The summed E-state index contributed by atoms with van der Waals surface area (Å²) in [6.45, 7) is 2.54. The van der Waals surface area contributed by atoms with Crippen LogP contribution in [0.2, 0.25) is 0 Å². The van der Waals surface area contributed by atoms with E-state index in [2.05, 4.69) is 9.82 Å². The Kier molecular flexibility index (Phi) is 3.64. The molecule has 0 atom stereocenters. The normalized spacial score (nSPS) is 10.1. The van der Waals surface area contributed by atoms with Crippen molar-refractivity contribution < 1.29 is 4.74 Å². The molecule has 0 saturated heterocycles. The number of aromatic nitrogens is 1. The van der Waals surface area contributed by atoms with Crippen LogP contribution in [0.5, 0.6) is 5.75 Å². The van der Waals surface area contributed by atoms with E-state index >= 15 is 0 Å². The second-order valence-corrected chi connectivity index (χ2v) is 4.78. The molecule has 0 aliphatic carbocycles. The van der Waals surface area contributed by atoms with Gasteiger partial charge in [0.15, 0.2) is 0 Å². The lowest BCUT2D eigenvalue weighted by atomic mass is 10.3. The van der Waals surface area contributed by atoms with Gasteiger partial charge in [0.25, 0.3) is 0 Å². The first-order valence-electron chi connectivity index (χ1n) is 4.79. The average Bonchev–Trinajstić information content (AvgIpc) is 2.73. The van der Waals surface area contributed by atoms with E-state index in [4.69, 9.17) is 16.5 Å². The number of hydrogen-bond acceptors (Lipinski definition) is 4. The summed E-state index contributed by atoms with van der Waals surface area (Å²) in [7, 11) is 0. The van der Waals surface area contributed by atoms with Crippen LogP contribution in [0.4, 0.5) is 5.69 Å². The van der Waals surface area contributed by atoms with Gasteiger partial charge in [-0.25, -0.2) is 4.98 Å². The van der Waals surface area contributed by atoms with Crippen molar-refractivity contribution in [2.75, 3.05) is 4.84 Å². The van der Waals surface area contributed by atoms with Gasteiger partial charge in [-0.05, 0) is 31.2 Å². The first-order chi connectivity index (χ1) is 7.78. The highest BCUT2D eigenvalue weighted by molar-refractivity contribution is 7.11. The second kappa shape index (κ2) is 5.18. The summed E-state index contributed by atoms with van der Waals surface area (Å²) in [6, 6.07) is 7.45. The number of aryl methyl sites for hydroxylation is 1. The summed E-state index contributed by atoms with van der Waals surface area (Å²) < 4.78 is 5.58. The van der Waals surface area contributed by atoms with E-state index in [1.807, 2.05) is 37.4 Å². The minimum absolute atomic E-state index is 0.506. The zero-order chi connectivity index (χ0) is 11.4. The molecule has 3 nitrogen and oxygen atoms in total. The van der Waals surface area contributed by atoms with Gasteiger partial charge in [0.2, 0.25) is 0 Å². The molecule has 2 rings (SSSR count). The van der Waals surface area contributed by atoms with Crippen LogP contribution >= 0.6 is 23.1 Å². The lowest BCUT2D eigenvalue weighted by molar-refractivity contribution is 0.305. The largest absolute Gasteiger partial charge is 0.486 e. The summed E-state index contributed by atoms with van der Waals surface area (Å²) >= 11 is 7.10. The molecule has 0 unspecified atom stereocenters. The summed E-state index contributed by atoms with van der Waals surface area (Å²) in [5.74, 6) is 0.809. The van der Waals surface area contributed by atoms with E-state index in [-0.39, 0.29) is 0 Å². The summed E-state index contributed by atoms with van der Waals surface area (Å²) in [5, 5.41) is 0.983. The van der Waals surface area contributed by atoms with Crippen LogP contribution < -0.4 is 9.57 Å². The van der Waals surface area contributed by atoms with Crippen molar-refractivity contribution in [3.63, 3.8) is 0 Å². The molecule has 1 aromatic heterocycles. The Bertz CT molecular complexity index is 455. The lowest BCUT2D eigenvalue weighted by Crippen LogP contribution is -1.94. The Balaban J connectivity index is 1.94. The minimum Gasteiger partial charge on any atom is -0.486 e.